The van der Waals surface area contributed by atoms with E-state index in [1.54, 1.807) is 48.5 Å². The Morgan fingerprint density at radius 2 is 0.609 bits per heavy atom. The predicted molar refractivity (Wildman–Crippen MR) is 204 cm³/mol. The van der Waals surface area contributed by atoms with Gasteiger partial charge in [0, 0.05) is 0 Å². The smallest absolute Gasteiger partial charge is 0.453 e. The molecule has 0 saturated heterocycles. The third-order valence-electron chi connectivity index (χ3n) is 9.18. The van der Waals surface area contributed by atoms with E-state index >= 15 is 0 Å². The van der Waals surface area contributed by atoms with E-state index in [4.69, 9.17) is 9.47 Å². The second-order valence-corrected chi connectivity index (χ2v) is 16.9. The van der Waals surface area contributed by atoms with E-state index in [2.05, 4.69) is 18.9 Å². The lowest BCUT2D eigenvalue weighted by Crippen LogP contribution is -2.45. The van der Waals surface area contributed by atoms with Gasteiger partial charge in [-0.15, -0.1) is 0 Å². The van der Waals surface area contributed by atoms with Gasteiger partial charge in [0.05, 0.1) is 41.9 Å². The number of carbonyl (C=O) groups is 6. The third-order valence-corrected chi connectivity index (χ3v) is 9.18. The minimum absolute atomic E-state index is 0.281. The first-order valence-corrected chi connectivity index (χ1v) is 20.3. The van der Waals surface area contributed by atoms with E-state index in [-0.39, 0.29) is 6.92 Å². The molecule has 0 N–H and O–H groups in total. The first kappa shape index (κ1) is 68.9. The van der Waals surface area contributed by atoms with Gasteiger partial charge in [-0.1, -0.05) is 20.8 Å². The van der Waals surface area contributed by atoms with Crippen molar-refractivity contribution in [1.82, 2.24) is 0 Å². The number of hydrogen-bond donors (Lipinski definition) is 0. The molecule has 0 radical (unpaired) electrons. The van der Waals surface area contributed by atoms with Crippen LogP contribution in [-0.4, -0.2) is 124 Å². The minimum atomic E-state index is -6.22. The number of rotatable bonds is 26. The Bertz CT molecular complexity index is 1640. The first-order chi connectivity index (χ1) is 30.6. The quantitative estimate of drug-likeness (QED) is 0.0350. The molecular weight excluding hydrogens is 995 g/mol. The number of carbonyl (C=O) groups excluding carboxylic acids is 6. The van der Waals surface area contributed by atoms with Gasteiger partial charge in [0.1, 0.15) is 39.6 Å². The summed E-state index contributed by atoms with van der Waals surface area (Å²) in [6, 6.07) is 0. The summed E-state index contributed by atoms with van der Waals surface area (Å²) in [5, 5.41) is 0. The van der Waals surface area contributed by atoms with Gasteiger partial charge >= 0.3 is 65.7 Å². The summed E-state index contributed by atoms with van der Waals surface area (Å²) < 4.78 is 241. The summed E-state index contributed by atoms with van der Waals surface area (Å²) in [5.41, 5.74) is -2.42. The zero-order valence-corrected chi connectivity index (χ0v) is 39.1. The largest absolute Gasteiger partial charge is 0.462 e. The minimum Gasteiger partial charge on any atom is -0.462 e. The molecule has 0 unspecified atom stereocenters. The fourth-order valence-electron chi connectivity index (χ4n) is 3.75. The van der Waals surface area contributed by atoms with Gasteiger partial charge in [-0.25, -0.2) is 40.7 Å². The van der Waals surface area contributed by atoms with Crippen molar-refractivity contribution in [2.75, 3.05) is 39.6 Å². The summed E-state index contributed by atoms with van der Waals surface area (Å²) >= 11 is 0. The molecule has 0 amide bonds. The van der Waals surface area contributed by atoms with Gasteiger partial charge in [0.25, 0.3) is 11.8 Å². The van der Waals surface area contributed by atoms with Gasteiger partial charge in [-0.3, -0.25) is 14.4 Å². The molecule has 0 aliphatic carbocycles. The average molecular weight is 1050 g/mol. The maximum absolute atomic E-state index is 13.3. The highest BCUT2D eigenvalue weighted by molar-refractivity contribution is 5.79. The lowest BCUT2D eigenvalue weighted by atomic mass is 9.91. The van der Waals surface area contributed by atoms with Crippen LogP contribution < -0.4 is 0 Å². The second kappa shape index (κ2) is 27.3. The van der Waals surface area contributed by atoms with Crippen molar-refractivity contribution in [2.24, 2.45) is 16.2 Å². The van der Waals surface area contributed by atoms with Crippen LogP contribution >= 0.6 is 0 Å². The molecule has 0 rings (SSSR count). The van der Waals surface area contributed by atoms with E-state index in [1.165, 1.54) is 13.8 Å². The van der Waals surface area contributed by atoms with Gasteiger partial charge in [0.2, 0.25) is 6.43 Å². The van der Waals surface area contributed by atoms with Crippen LogP contribution in [0.3, 0.4) is 0 Å². The normalized spacial score (nSPS) is 13.2. The van der Waals surface area contributed by atoms with Crippen LogP contribution in [0.4, 0.5) is 74.6 Å². The average Bonchev–Trinajstić information content (AvgIpc) is 3.16. The highest BCUT2D eigenvalue weighted by atomic mass is 19.4. The highest BCUT2D eigenvalue weighted by Crippen LogP contribution is 2.43. The standard InChI is InChI=1S/C14H20F6O4.C13H17F7O4.C13H20F4O4/c1-4-12(2,3)10(21)23-5-6-24-11(22)14(19,20)8-13(17,18)7-9(15)16;1-4-10(2,3)8(21)23-5-6-24-9(22)11(14,15)7-12(16,17)13(18,19)20;1-5-11(2,3)9(18)20-6-7-21-10(19)13(16,17)8-12(4,14)15/h9H,4-8H2,1-3H3;4-7H2,1-3H3;5-8H2,1-4H3. The van der Waals surface area contributed by atoms with E-state index in [9.17, 15) is 103 Å². The van der Waals surface area contributed by atoms with E-state index in [0.29, 0.717) is 19.3 Å². The van der Waals surface area contributed by atoms with E-state index in [1.807, 2.05) is 0 Å². The molecule has 0 aromatic heterocycles. The van der Waals surface area contributed by atoms with Gasteiger partial charge in [-0.2, -0.15) is 48.3 Å². The lowest BCUT2D eigenvalue weighted by molar-refractivity contribution is -0.299. The molecule has 0 atom stereocenters. The summed E-state index contributed by atoms with van der Waals surface area (Å²) in [5.74, 6) is -36.7. The van der Waals surface area contributed by atoms with Crippen molar-refractivity contribution in [1.29, 1.82) is 0 Å². The van der Waals surface area contributed by atoms with Crippen molar-refractivity contribution in [3.8, 4) is 0 Å². The topological polar surface area (TPSA) is 158 Å². The van der Waals surface area contributed by atoms with E-state index < -0.39 is 166 Å². The Morgan fingerprint density at radius 1 is 0.377 bits per heavy atom. The van der Waals surface area contributed by atoms with Crippen molar-refractivity contribution in [3.63, 3.8) is 0 Å². The van der Waals surface area contributed by atoms with Gasteiger partial charge in [-0.05, 0) is 67.7 Å². The van der Waals surface area contributed by atoms with Crippen LogP contribution in [0.25, 0.3) is 0 Å². The fourth-order valence-corrected chi connectivity index (χ4v) is 3.75. The molecule has 0 aliphatic rings. The first-order valence-electron chi connectivity index (χ1n) is 20.3. The number of alkyl halides is 17. The molecule has 0 heterocycles. The van der Waals surface area contributed by atoms with Crippen molar-refractivity contribution >= 4 is 35.8 Å². The van der Waals surface area contributed by atoms with Crippen LogP contribution in [0.5, 0.6) is 0 Å². The van der Waals surface area contributed by atoms with Crippen molar-refractivity contribution in [3.05, 3.63) is 0 Å². The SMILES string of the molecule is CCC(C)(C)C(=O)OCCOC(=O)C(F)(F)CC(C)(F)F.CCC(C)(C)C(=O)OCCOC(=O)C(F)(F)CC(F)(F)C(F)(F)F.CCC(C)(C)C(=O)OCCOC(=O)C(F)(F)CC(F)(F)CC(F)F. The van der Waals surface area contributed by atoms with Crippen LogP contribution in [0, 0.1) is 16.2 Å². The van der Waals surface area contributed by atoms with Crippen LogP contribution in [0.1, 0.15) is 114 Å². The monoisotopic (exact) mass is 1050 g/mol. The molecule has 0 aromatic rings. The molecule has 0 aliphatic heterocycles. The molecule has 0 spiro atoms. The number of hydrogen-bond acceptors (Lipinski definition) is 12. The Kier molecular flexibility index (Phi) is 27.2. The predicted octanol–water partition coefficient (Wildman–Crippen LogP) is 10.7. The van der Waals surface area contributed by atoms with Crippen LogP contribution in [0.15, 0.2) is 0 Å². The second-order valence-electron chi connectivity index (χ2n) is 16.9. The Balaban J connectivity index is -0.000000950. The number of halogens is 17. The summed E-state index contributed by atoms with van der Waals surface area (Å²) in [7, 11) is 0. The third kappa shape index (κ3) is 27.6. The maximum Gasteiger partial charge on any atom is 0.453 e. The molecule has 0 fully saturated rings. The number of esters is 6. The van der Waals surface area contributed by atoms with Gasteiger partial charge in [0.15, 0.2) is 0 Å². The molecule has 408 valence electrons. The zero-order valence-electron chi connectivity index (χ0n) is 39.1. The Labute approximate surface area is 385 Å². The van der Waals surface area contributed by atoms with Crippen molar-refractivity contribution in [2.45, 2.75) is 162 Å². The van der Waals surface area contributed by atoms with Crippen LogP contribution in [0.2, 0.25) is 0 Å². The van der Waals surface area contributed by atoms with Crippen molar-refractivity contribution < 1.29 is 132 Å². The highest BCUT2D eigenvalue weighted by Gasteiger charge is 2.64. The molecular formula is C40H57F17O12. The van der Waals surface area contributed by atoms with Gasteiger partial charge < -0.3 is 28.4 Å². The molecule has 0 bridgehead atoms. The Morgan fingerprint density at radius 3 is 0.826 bits per heavy atom. The molecule has 69 heavy (non-hydrogen) atoms. The summed E-state index contributed by atoms with van der Waals surface area (Å²) in [4.78, 5) is 67.6. The van der Waals surface area contributed by atoms with Crippen LogP contribution in [-0.2, 0) is 57.2 Å². The lowest BCUT2D eigenvalue weighted by Gasteiger charge is -2.24. The molecule has 29 heteroatoms. The number of ether oxygens (including phenoxy) is 6. The van der Waals surface area contributed by atoms with E-state index in [0.717, 1.165) is 0 Å². The molecule has 0 saturated carbocycles. The molecule has 0 aromatic carbocycles. The summed E-state index contributed by atoms with van der Waals surface area (Å²) in [6.07, 6.45) is -17.8. The fraction of sp³-hybridized carbons (Fsp3) is 0.850. The summed E-state index contributed by atoms with van der Waals surface area (Å²) in [6.45, 7) is 11.1. The maximum atomic E-state index is 13.3. The zero-order chi connectivity index (χ0) is 55.5. The Hall–Kier alpha value is -4.37. The molecule has 12 nitrogen and oxygen atoms in total.